The fourth-order valence-electron chi connectivity index (χ4n) is 2.71. The minimum atomic E-state index is -0.738. The Hall–Kier alpha value is -2.41. The van der Waals surface area contributed by atoms with Crippen molar-refractivity contribution in [2.45, 2.75) is 32.3 Å². The van der Waals surface area contributed by atoms with Gasteiger partial charge >= 0.3 is 0 Å². The summed E-state index contributed by atoms with van der Waals surface area (Å²) < 4.78 is 5.62. The summed E-state index contributed by atoms with van der Waals surface area (Å²) >= 11 is 11.8. The number of aliphatic hydroxyl groups is 1. The average molecular weight is 434 g/mol. The number of hydrogen-bond acceptors (Lipinski definition) is 5. The second-order valence-corrected chi connectivity index (χ2v) is 7.51. The van der Waals surface area contributed by atoms with Crippen molar-refractivity contribution >= 4 is 29.1 Å². The van der Waals surface area contributed by atoms with E-state index in [4.69, 9.17) is 27.6 Å². The summed E-state index contributed by atoms with van der Waals surface area (Å²) in [5.41, 5.74) is 2.65. The number of benzene rings is 2. The molecular formula is C21H21Cl2N3O3. The number of aliphatic hydroxyl groups excluding tert-OH is 1. The highest BCUT2D eigenvalue weighted by molar-refractivity contribution is 6.42. The number of nitrogens with one attached hydrogen (secondary N) is 1. The van der Waals surface area contributed by atoms with Crippen molar-refractivity contribution in [2.75, 3.05) is 6.54 Å². The SMILES string of the molecule is Cc1ccc(-c2nnc(CCC(=O)NCC[C@H](O)c3ccc(Cl)c(Cl)c3)o2)cc1. The van der Waals surface area contributed by atoms with Crippen LogP contribution in [0, 0.1) is 6.92 Å². The maximum Gasteiger partial charge on any atom is 0.247 e. The molecule has 152 valence electrons. The van der Waals surface area contributed by atoms with Crippen LogP contribution in [0.3, 0.4) is 0 Å². The highest BCUT2D eigenvalue weighted by Crippen LogP contribution is 2.26. The maximum absolute atomic E-state index is 12.0. The van der Waals surface area contributed by atoms with Gasteiger partial charge in [0.25, 0.3) is 0 Å². The molecule has 3 rings (SSSR count). The Balaban J connectivity index is 1.42. The van der Waals surface area contributed by atoms with Gasteiger partial charge in [-0.1, -0.05) is 47.0 Å². The van der Waals surface area contributed by atoms with Gasteiger partial charge in [-0.3, -0.25) is 4.79 Å². The number of carbonyl (C=O) groups excluding carboxylic acids is 1. The van der Waals surface area contributed by atoms with Crippen LogP contribution in [0.1, 0.15) is 36.0 Å². The quantitative estimate of drug-likeness (QED) is 0.544. The molecule has 2 aromatic carbocycles. The van der Waals surface area contributed by atoms with Crippen molar-refractivity contribution in [3.8, 4) is 11.5 Å². The molecule has 0 fully saturated rings. The van der Waals surface area contributed by atoms with Crippen molar-refractivity contribution in [3.05, 3.63) is 69.5 Å². The van der Waals surface area contributed by atoms with Crippen LogP contribution in [0.2, 0.25) is 10.0 Å². The van der Waals surface area contributed by atoms with Crippen molar-refractivity contribution in [2.24, 2.45) is 0 Å². The topological polar surface area (TPSA) is 88.2 Å². The van der Waals surface area contributed by atoms with Gasteiger partial charge in [-0.25, -0.2) is 0 Å². The van der Waals surface area contributed by atoms with Gasteiger partial charge in [0, 0.05) is 24.9 Å². The Morgan fingerprint density at radius 1 is 1.14 bits per heavy atom. The lowest BCUT2D eigenvalue weighted by atomic mass is 10.1. The van der Waals surface area contributed by atoms with Gasteiger partial charge in [-0.2, -0.15) is 0 Å². The maximum atomic E-state index is 12.0. The molecule has 29 heavy (non-hydrogen) atoms. The fraction of sp³-hybridized carbons (Fsp3) is 0.286. The van der Waals surface area contributed by atoms with E-state index in [-0.39, 0.29) is 12.3 Å². The van der Waals surface area contributed by atoms with E-state index in [0.717, 1.165) is 11.1 Å². The van der Waals surface area contributed by atoms with Gasteiger partial charge in [0.2, 0.25) is 17.7 Å². The van der Waals surface area contributed by atoms with Crippen molar-refractivity contribution in [1.29, 1.82) is 0 Å². The third kappa shape index (κ3) is 6.03. The Bertz CT molecular complexity index is 974. The summed E-state index contributed by atoms with van der Waals surface area (Å²) in [6.07, 6.45) is 0.193. The summed E-state index contributed by atoms with van der Waals surface area (Å²) in [7, 11) is 0. The van der Waals surface area contributed by atoms with Gasteiger partial charge in [0.1, 0.15) is 0 Å². The van der Waals surface area contributed by atoms with E-state index in [1.54, 1.807) is 18.2 Å². The zero-order valence-corrected chi connectivity index (χ0v) is 17.4. The van der Waals surface area contributed by atoms with Crippen LogP contribution < -0.4 is 5.32 Å². The van der Waals surface area contributed by atoms with Gasteiger partial charge < -0.3 is 14.8 Å². The Labute approximate surface area is 178 Å². The largest absolute Gasteiger partial charge is 0.421 e. The molecule has 1 heterocycles. The van der Waals surface area contributed by atoms with E-state index >= 15 is 0 Å². The molecule has 6 nitrogen and oxygen atoms in total. The number of aromatic nitrogens is 2. The Kier molecular flexibility index (Phi) is 7.25. The lowest BCUT2D eigenvalue weighted by molar-refractivity contribution is -0.121. The smallest absolute Gasteiger partial charge is 0.247 e. The predicted molar refractivity (Wildman–Crippen MR) is 112 cm³/mol. The lowest BCUT2D eigenvalue weighted by Crippen LogP contribution is -2.25. The molecule has 0 unspecified atom stereocenters. The fourth-order valence-corrected chi connectivity index (χ4v) is 3.02. The van der Waals surface area contributed by atoms with E-state index in [2.05, 4.69) is 15.5 Å². The molecule has 1 aromatic heterocycles. The molecule has 1 amide bonds. The summed E-state index contributed by atoms with van der Waals surface area (Å²) in [6.45, 7) is 2.34. The lowest BCUT2D eigenvalue weighted by Gasteiger charge is -2.12. The molecule has 0 aliphatic heterocycles. The van der Waals surface area contributed by atoms with Crippen molar-refractivity contribution in [3.63, 3.8) is 0 Å². The second kappa shape index (κ2) is 9.87. The summed E-state index contributed by atoms with van der Waals surface area (Å²) in [5, 5.41) is 21.8. The molecule has 3 aromatic rings. The van der Waals surface area contributed by atoms with Gasteiger partial charge in [0.15, 0.2) is 0 Å². The Morgan fingerprint density at radius 2 is 1.90 bits per heavy atom. The third-order valence-electron chi connectivity index (χ3n) is 4.40. The number of aryl methyl sites for hydroxylation is 2. The zero-order chi connectivity index (χ0) is 20.8. The van der Waals surface area contributed by atoms with Gasteiger partial charge in [-0.15, -0.1) is 10.2 Å². The van der Waals surface area contributed by atoms with E-state index in [9.17, 15) is 9.90 Å². The Morgan fingerprint density at radius 3 is 2.62 bits per heavy atom. The van der Waals surface area contributed by atoms with Crippen molar-refractivity contribution < 1.29 is 14.3 Å². The van der Waals surface area contributed by atoms with Crippen LogP contribution in [0.4, 0.5) is 0 Å². The molecule has 0 aliphatic carbocycles. The number of carbonyl (C=O) groups is 1. The van der Waals surface area contributed by atoms with E-state index in [0.29, 0.717) is 46.8 Å². The number of nitrogens with zero attached hydrogens (tertiary/aromatic N) is 2. The molecular weight excluding hydrogens is 413 g/mol. The van der Waals surface area contributed by atoms with Gasteiger partial charge in [-0.05, 0) is 43.2 Å². The predicted octanol–water partition coefficient (Wildman–Crippen LogP) is 4.52. The minimum absolute atomic E-state index is 0.151. The van der Waals surface area contributed by atoms with Crippen LogP contribution >= 0.6 is 23.2 Å². The molecule has 0 aliphatic rings. The van der Waals surface area contributed by atoms with Gasteiger partial charge in [0.05, 0.1) is 16.1 Å². The van der Waals surface area contributed by atoms with Crippen LogP contribution in [0.5, 0.6) is 0 Å². The molecule has 0 spiro atoms. The van der Waals surface area contributed by atoms with E-state index < -0.39 is 6.10 Å². The monoisotopic (exact) mass is 433 g/mol. The highest BCUT2D eigenvalue weighted by atomic mass is 35.5. The van der Waals surface area contributed by atoms with Crippen molar-refractivity contribution in [1.82, 2.24) is 15.5 Å². The highest BCUT2D eigenvalue weighted by Gasteiger charge is 2.12. The van der Waals surface area contributed by atoms with Crippen LogP contribution in [0.15, 0.2) is 46.9 Å². The number of amides is 1. The normalized spacial score (nSPS) is 12.0. The second-order valence-electron chi connectivity index (χ2n) is 6.69. The summed E-state index contributed by atoms with van der Waals surface area (Å²) in [5.74, 6) is 0.693. The van der Waals surface area contributed by atoms with E-state index in [1.165, 1.54) is 0 Å². The number of hydrogen-bond donors (Lipinski definition) is 2. The number of halogens is 2. The first kappa shape index (κ1) is 21.3. The molecule has 0 saturated heterocycles. The molecule has 0 radical (unpaired) electrons. The standard InChI is InChI=1S/C21H21Cl2N3O3/c1-13-2-4-14(5-3-13)21-26-25-20(29-21)9-8-19(28)24-11-10-18(27)15-6-7-16(22)17(23)12-15/h2-7,12,18,27H,8-11H2,1H3,(H,24,28)/t18-/m0/s1. The van der Waals surface area contributed by atoms with Crippen LogP contribution in [0.25, 0.3) is 11.5 Å². The first-order valence-electron chi connectivity index (χ1n) is 9.21. The molecule has 1 atom stereocenters. The first-order valence-corrected chi connectivity index (χ1v) is 9.97. The van der Waals surface area contributed by atoms with Crippen LogP contribution in [-0.2, 0) is 11.2 Å². The van der Waals surface area contributed by atoms with E-state index in [1.807, 2.05) is 31.2 Å². The first-order chi connectivity index (χ1) is 13.9. The average Bonchev–Trinajstić information content (AvgIpc) is 3.18. The molecule has 8 heteroatoms. The minimum Gasteiger partial charge on any atom is -0.421 e. The molecule has 2 N–H and O–H groups in total. The third-order valence-corrected chi connectivity index (χ3v) is 5.14. The molecule has 0 bridgehead atoms. The van der Waals surface area contributed by atoms with Crippen LogP contribution in [-0.4, -0.2) is 27.8 Å². The number of rotatable bonds is 8. The summed E-state index contributed by atoms with van der Waals surface area (Å²) in [4.78, 5) is 12.0. The summed E-state index contributed by atoms with van der Waals surface area (Å²) in [6, 6.07) is 12.7. The zero-order valence-electron chi connectivity index (χ0n) is 15.9. The molecule has 0 saturated carbocycles.